The molecule has 7 heteroatoms. The average Bonchev–Trinajstić information content (AvgIpc) is 2.48. The van der Waals surface area contributed by atoms with Crippen LogP contribution in [-0.4, -0.2) is 42.1 Å². The van der Waals surface area contributed by atoms with Gasteiger partial charge in [0.05, 0.1) is 12.0 Å². The Hall–Kier alpha value is -2.05. The molecule has 1 aliphatic heterocycles. The average molecular weight is 293 g/mol. The van der Waals surface area contributed by atoms with Crippen molar-refractivity contribution in [3.05, 3.63) is 6.33 Å². The first kappa shape index (κ1) is 15.3. The molecule has 1 aliphatic rings. The lowest BCUT2D eigenvalue weighted by Crippen LogP contribution is -2.42. The lowest BCUT2D eigenvalue weighted by Gasteiger charge is -2.33. The number of rotatable bonds is 4. The van der Waals surface area contributed by atoms with Crippen LogP contribution < -0.4 is 20.7 Å². The number of anilines is 2. The highest BCUT2D eigenvalue weighted by atomic mass is 16.5. The first-order chi connectivity index (χ1) is 10.0. The van der Waals surface area contributed by atoms with Crippen molar-refractivity contribution in [2.24, 2.45) is 5.92 Å². The van der Waals surface area contributed by atoms with Gasteiger partial charge in [-0.1, -0.05) is 0 Å². The van der Waals surface area contributed by atoms with Gasteiger partial charge in [0.1, 0.15) is 12.0 Å². The van der Waals surface area contributed by atoms with Crippen LogP contribution in [0.4, 0.5) is 11.5 Å². The summed E-state index contributed by atoms with van der Waals surface area (Å²) in [7, 11) is 1.66. The fourth-order valence-corrected chi connectivity index (χ4v) is 2.53. The van der Waals surface area contributed by atoms with E-state index in [0.717, 1.165) is 19.4 Å². The standard InChI is InChI=1S/C14H23N5O2/c1-9(2)21-14-11(15)12(17-8-18-14)19-6-4-5-10(7-19)13(20)16-3/h8-10H,4-7,15H2,1-3H3,(H,16,20). The van der Waals surface area contributed by atoms with E-state index in [-0.39, 0.29) is 17.9 Å². The van der Waals surface area contributed by atoms with Crippen LogP contribution in [0.25, 0.3) is 0 Å². The summed E-state index contributed by atoms with van der Waals surface area (Å²) in [6.45, 7) is 5.28. The number of carbonyl (C=O) groups is 1. The van der Waals surface area contributed by atoms with Gasteiger partial charge in [0.2, 0.25) is 11.8 Å². The van der Waals surface area contributed by atoms with Gasteiger partial charge in [0.25, 0.3) is 0 Å². The Morgan fingerprint density at radius 2 is 2.29 bits per heavy atom. The SMILES string of the molecule is CNC(=O)C1CCCN(c2ncnc(OC(C)C)c2N)C1. The summed E-state index contributed by atoms with van der Waals surface area (Å²) in [5, 5.41) is 2.70. The molecule has 0 radical (unpaired) electrons. The maximum Gasteiger partial charge on any atom is 0.242 e. The van der Waals surface area contributed by atoms with E-state index >= 15 is 0 Å². The molecule has 0 spiro atoms. The summed E-state index contributed by atoms with van der Waals surface area (Å²) in [5.74, 6) is 1.07. The topological polar surface area (TPSA) is 93.4 Å². The molecule has 1 unspecified atom stereocenters. The van der Waals surface area contributed by atoms with Crippen molar-refractivity contribution in [1.29, 1.82) is 0 Å². The van der Waals surface area contributed by atoms with E-state index in [0.29, 0.717) is 23.9 Å². The molecule has 2 heterocycles. The molecule has 7 nitrogen and oxygen atoms in total. The second-order valence-electron chi connectivity index (χ2n) is 5.48. The van der Waals surface area contributed by atoms with Crippen LogP contribution in [0.5, 0.6) is 5.88 Å². The molecule has 1 aromatic rings. The molecule has 0 aliphatic carbocycles. The summed E-state index contributed by atoms with van der Waals surface area (Å²) in [4.78, 5) is 22.2. The fraction of sp³-hybridized carbons (Fsp3) is 0.643. The fourth-order valence-electron chi connectivity index (χ4n) is 2.53. The van der Waals surface area contributed by atoms with E-state index in [1.807, 2.05) is 18.7 Å². The molecule has 0 aromatic carbocycles. The van der Waals surface area contributed by atoms with Crippen molar-refractivity contribution in [2.45, 2.75) is 32.8 Å². The van der Waals surface area contributed by atoms with Crippen molar-refractivity contribution in [3.8, 4) is 5.88 Å². The van der Waals surface area contributed by atoms with Gasteiger partial charge >= 0.3 is 0 Å². The number of piperidine rings is 1. The third-order valence-electron chi connectivity index (χ3n) is 3.51. The minimum absolute atomic E-state index is 0.00461. The van der Waals surface area contributed by atoms with Crippen LogP contribution in [0.15, 0.2) is 6.33 Å². The van der Waals surface area contributed by atoms with Gasteiger partial charge in [-0.2, -0.15) is 4.98 Å². The van der Waals surface area contributed by atoms with Crippen molar-refractivity contribution in [3.63, 3.8) is 0 Å². The van der Waals surface area contributed by atoms with E-state index in [4.69, 9.17) is 10.5 Å². The summed E-state index contributed by atoms with van der Waals surface area (Å²) >= 11 is 0. The molecule has 116 valence electrons. The molecule has 1 aromatic heterocycles. The van der Waals surface area contributed by atoms with Gasteiger partial charge in [0.15, 0.2) is 5.82 Å². The minimum atomic E-state index is -0.0346. The van der Waals surface area contributed by atoms with Crippen LogP contribution in [0.1, 0.15) is 26.7 Å². The zero-order valence-corrected chi connectivity index (χ0v) is 12.8. The Labute approximate surface area is 124 Å². The highest BCUT2D eigenvalue weighted by molar-refractivity contribution is 5.79. The van der Waals surface area contributed by atoms with E-state index < -0.39 is 0 Å². The van der Waals surface area contributed by atoms with Crippen molar-refractivity contribution in [1.82, 2.24) is 15.3 Å². The van der Waals surface area contributed by atoms with Crippen LogP contribution in [0, 0.1) is 5.92 Å². The zero-order chi connectivity index (χ0) is 15.4. The Bertz CT molecular complexity index is 506. The Balaban J connectivity index is 2.19. The number of nitrogens with zero attached hydrogens (tertiary/aromatic N) is 3. The molecular weight excluding hydrogens is 270 g/mol. The maximum atomic E-state index is 11.8. The molecule has 0 saturated carbocycles. The monoisotopic (exact) mass is 293 g/mol. The summed E-state index contributed by atoms with van der Waals surface area (Å²) in [6.07, 6.45) is 3.26. The molecule has 1 saturated heterocycles. The predicted octanol–water partition coefficient (Wildman–Crippen LogP) is 0.808. The molecule has 0 bridgehead atoms. The summed E-state index contributed by atoms with van der Waals surface area (Å²) < 4.78 is 5.59. The molecule has 21 heavy (non-hydrogen) atoms. The van der Waals surface area contributed by atoms with Crippen LogP contribution >= 0.6 is 0 Å². The van der Waals surface area contributed by atoms with Gasteiger partial charge in [-0.25, -0.2) is 4.98 Å². The van der Waals surface area contributed by atoms with Gasteiger partial charge in [-0.15, -0.1) is 0 Å². The molecule has 1 atom stereocenters. The predicted molar refractivity (Wildman–Crippen MR) is 81.2 cm³/mol. The lowest BCUT2D eigenvalue weighted by molar-refractivity contribution is -0.124. The maximum absolute atomic E-state index is 11.8. The second kappa shape index (κ2) is 6.60. The third-order valence-corrected chi connectivity index (χ3v) is 3.51. The van der Waals surface area contributed by atoms with Gasteiger partial charge in [0, 0.05) is 20.1 Å². The summed E-state index contributed by atoms with van der Waals surface area (Å²) in [5.41, 5.74) is 6.56. The van der Waals surface area contributed by atoms with Crippen molar-refractivity contribution in [2.75, 3.05) is 30.8 Å². The normalized spacial score (nSPS) is 18.7. The third kappa shape index (κ3) is 3.53. The molecule has 3 N–H and O–H groups in total. The minimum Gasteiger partial charge on any atom is -0.473 e. The smallest absolute Gasteiger partial charge is 0.242 e. The number of hydrogen-bond donors (Lipinski definition) is 2. The zero-order valence-electron chi connectivity index (χ0n) is 12.8. The van der Waals surface area contributed by atoms with Gasteiger partial charge < -0.3 is 20.7 Å². The first-order valence-corrected chi connectivity index (χ1v) is 7.26. The number of nitrogens with two attached hydrogens (primary N) is 1. The Kier molecular flexibility index (Phi) is 4.82. The number of ether oxygens (including phenoxy) is 1. The number of nitrogen functional groups attached to an aromatic ring is 1. The van der Waals surface area contributed by atoms with Crippen molar-refractivity contribution >= 4 is 17.4 Å². The highest BCUT2D eigenvalue weighted by Gasteiger charge is 2.27. The van der Waals surface area contributed by atoms with E-state index in [2.05, 4.69) is 15.3 Å². The Morgan fingerprint density at radius 3 is 2.95 bits per heavy atom. The number of carbonyl (C=O) groups excluding carboxylic acids is 1. The van der Waals surface area contributed by atoms with E-state index in [1.54, 1.807) is 7.05 Å². The van der Waals surface area contributed by atoms with Gasteiger partial charge in [-0.3, -0.25) is 4.79 Å². The van der Waals surface area contributed by atoms with Crippen molar-refractivity contribution < 1.29 is 9.53 Å². The largest absolute Gasteiger partial charge is 0.473 e. The molecular formula is C14H23N5O2. The lowest BCUT2D eigenvalue weighted by atomic mass is 9.97. The first-order valence-electron chi connectivity index (χ1n) is 7.26. The van der Waals surface area contributed by atoms with Crippen LogP contribution in [0.3, 0.4) is 0 Å². The molecule has 1 amide bonds. The number of hydrogen-bond acceptors (Lipinski definition) is 6. The second-order valence-corrected chi connectivity index (χ2v) is 5.48. The quantitative estimate of drug-likeness (QED) is 0.853. The van der Waals surface area contributed by atoms with Crippen LogP contribution in [-0.2, 0) is 4.79 Å². The molecule has 2 rings (SSSR count). The number of amides is 1. The summed E-state index contributed by atoms with van der Waals surface area (Å²) in [6, 6.07) is 0. The van der Waals surface area contributed by atoms with Crippen LogP contribution in [0.2, 0.25) is 0 Å². The highest BCUT2D eigenvalue weighted by Crippen LogP contribution is 2.31. The molecule has 1 fully saturated rings. The van der Waals surface area contributed by atoms with E-state index in [1.165, 1.54) is 6.33 Å². The number of nitrogens with one attached hydrogen (secondary N) is 1. The van der Waals surface area contributed by atoms with E-state index in [9.17, 15) is 4.79 Å². The Morgan fingerprint density at radius 1 is 1.52 bits per heavy atom. The number of aromatic nitrogens is 2. The van der Waals surface area contributed by atoms with Gasteiger partial charge in [-0.05, 0) is 26.7 Å².